The summed E-state index contributed by atoms with van der Waals surface area (Å²) < 4.78 is 4.92. The number of pyridine rings is 1. The number of nitrogens with one attached hydrogen (secondary N) is 1. The van der Waals surface area contributed by atoms with E-state index < -0.39 is 0 Å². The van der Waals surface area contributed by atoms with Crippen LogP contribution >= 0.6 is 11.8 Å². The minimum Gasteiger partial charge on any atom is -0.469 e. The summed E-state index contributed by atoms with van der Waals surface area (Å²) in [5.74, 6) is 5.75. The van der Waals surface area contributed by atoms with Crippen LogP contribution < -0.4 is 10.2 Å². The van der Waals surface area contributed by atoms with Crippen molar-refractivity contribution in [1.82, 2.24) is 10.3 Å². The maximum Gasteiger partial charge on any atom is 0.309 e. The number of aromatic nitrogens is 1. The molecule has 6 nitrogen and oxygen atoms in total. The van der Waals surface area contributed by atoms with Gasteiger partial charge in [-0.25, -0.2) is 4.98 Å². The van der Waals surface area contributed by atoms with Crippen LogP contribution in [0.5, 0.6) is 0 Å². The number of carbonyl (C=O) groups is 2. The Morgan fingerprint density at radius 2 is 1.75 bits per heavy atom. The van der Waals surface area contributed by atoms with Crippen LogP contribution in [-0.4, -0.2) is 48.9 Å². The van der Waals surface area contributed by atoms with Crippen molar-refractivity contribution in [3.8, 4) is 0 Å². The first-order valence-corrected chi connectivity index (χ1v) is 13.3. The van der Waals surface area contributed by atoms with E-state index >= 15 is 0 Å². The monoisotopic (exact) mass is 455 g/mol. The molecule has 2 unspecified atom stereocenters. The minimum atomic E-state index is -0.0772. The van der Waals surface area contributed by atoms with Crippen molar-refractivity contribution in [2.75, 3.05) is 30.9 Å². The number of esters is 1. The highest BCUT2D eigenvalue weighted by molar-refractivity contribution is 7.99. The number of hydrogen-bond donors (Lipinski definition) is 1. The summed E-state index contributed by atoms with van der Waals surface area (Å²) in [6.07, 6.45) is 6.63. The summed E-state index contributed by atoms with van der Waals surface area (Å²) in [6.45, 7) is 3.78. The largest absolute Gasteiger partial charge is 0.469 e. The molecule has 0 spiro atoms. The smallest absolute Gasteiger partial charge is 0.309 e. The van der Waals surface area contributed by atoms with Crippen molar-refractivity contribution < 1.29 is 14.3 Å². The molecule has 7 rings (SSSR count). The molecule has 1 aliphatic heterocycles. The standard InChI is InChI=1S/C25H33N3O3S/c1-3-32-24-17(23(29)27-22-15-7-13-6-14(9-15)10-16(22)8-13)4-5-20(26-24)28-11-18-19(12-28)21(18)25(30)31-2/h4-5,13-16,18-19,21-22H,3,6-12H2,1-2H3,(H,27,29). The molecule has 6 fully saturated rings. The van der Waals surface area contributed by atoms with Gasteiger partial charge in [0.15, 0.2) is 0 Å². The van der Waals surface area contributed by atoms with Crippen LogP contribution in [0.15, 0.2) is 17.2 Å². The lowest BCUT2D eigenvalue weighted by Crippen LogP contribution is -2.55. The van der Waals surface area contributed by atoms with Gasteiger partial charge in [0, 0.05) is 19.1 Å². The topological polar surface area (TPSA) is 71.5 Å². The molecular weight excluding hydrogens is 422 g/mol. The fraction of sp³-hybridized carbons (Fsp3) is 0.720. The maximum atomic E-state index is 13.3. The quantitative estimate of drug-likeness (QED) is 0.522. The van der Waals surface area contributed by atoms with Crippen LogP contribution in [0, 0.1) is 41.4 Å². The Bertz CT molecular complexity index is 897. The predicted octanol–water partition coefficient (Wildman–Crippen LogP) is 3.60. The Morgan fingerprint density at radius 1 is 1.09 bits per heavy atom. The van der Waals surface area contributed by atoms with Gasteiger partial charge in [0.1, 0.15) is 10.8 Å². The van der Waals surface area contributed by atoms with Gasteiger partial charge in [-0.05, 0) is 85.5 Å². The molecule has 5 saturated carbocycles. The molecular formula is C25H33N3O3S. The molecule has 6 aliphatic rings. The van der Waals surface area contributed by atoms with Crippen LogP contribution in [0.25, 0.3) is 0 Å². The number of ether oxygens (including phenoxy) is 1. The van der Waals surface area contributed by atoms with Crippen molar-refractivity contribution >= 4 is 29.5 Å². The van der Waals surface area contributed by atoms with E-state index in [9.17, 15) is 9.59 Å². The zero-order valence-electron chi connectivity index (χ0n) is 19.0. The van der Waals surface area contributed by atoms with E-state index in [-0.39, 0.29) is 17.8 Å². The van der Waals surface area contributed by atoms with E-state index in [1.807, 2.05) is 12.1 Å². The number of carbonyl (C=O) groups excluding carboxylic acids is 2. The van der Waals surface area contributed by atoms with Gasteiger partial charge in [-0.15, -0.1) is 11.8 Å². The van der Waals surface area contributed by atoms with Crippen LogP contribution in [0.2, 0.25) is 0 Å². The lowest BCUT2D eigenvalue weighted by Gasteiger charge is -2.54. The SMILES string of the molecule is CCSc1nc(N2CC3C(C2)C3C(=O)OC)ccc1C(=O)NC1C2CC3CC(C2)CC1C3. The van der Waals surface area contributed by atoms with Crippen LogP contribution in [-0.2, 0) is 9.53 Å². The predicted molar refractivity (Wildman–Crippen MR) is 124 cm³/mol. The van der Waals surface area contributed by atoms with Crippen molar-refractivity contribution in [2.45, 2.75) is 50.1 Å². The van der Waals surface area contributed by atoms with Crippen molar-refractivity contribution in [3.63, 3.8) is 0 Å². The fourth-order valence-corrected chi connectivity index (χ4v) is 8.36. The summed E-state index contributed by atoms with van der Waals surface area (Å²) >= 11 is 1.64. The first-order valence-electron chi connectivity index (χ1n) is 12.3. The summed E-state index contributed by atoms with van der Waals surface area (Å²) in [6, 6.07) is 4.30. The first-order chi connectivity index (χ1) is 15.6. The normalized spacial score (nSPS) is 38.5. The Morgan fingerprint density at radius 3 is 2.34 bits per heavy atom. The molecule has 0 radical (unpaired) electrons. The number of piperidine rings is 1. The highest BCUT2D eigenvalue weighted by Gasteiger charge is 2.60. The molecule has 0 aromatic carbocycles. The molecule has 1 amide bonds. The third-order valence-electron chi connectivity index (χ3n) is 8.89. The zero-order chi connectivity index (χ0) is 22.0. The fourth-order valence-electron chi connectivity index (χ4n) is 7.62. The van der Waals surface area contributed by atoms with Gasteiger partial charge in [-0.1, -0.05) is 6.92 Å². The van der Waals surface area contributed by atoms with Gasteiger partial charge in [0.25, 0.3) is 5.91 Å². The summed E-state index contributed by atoms with van der Waals surface area (Å²) in [5, 5.41) is 4.28. The second kappa shape index (κ2) is 7.93. The maximum absolute atomic E-state index is 13.3. The number of hydrogen-bond acceptors (Lipinski definition) is 6. The summed E-state index contributed by atoms with van der Waals surface area (Å²) in [4.78, 5) is 32.4. The molecule has 1 aromatic rings. The minimum absolute atomic E-state index is 0.0486. The van der Waals surface area contributed by atoms with Gasteiger partial charge in [-0.2, -0.15) is 0 Å². The lowest BCUT2D eigenvalue weighted by atomic mass is 9.54. The summed E-state index contributed by atoms with van der Waals surface area (Å²) in [5.41, 5.74) is 0.714. The molecule has 5 aliphatic carbocycles. The van der Waals surface area contributed by atoms with Gasteiger partial charge in [-0.3, -0.25) is 9.59 Å². The van der Waals surface area contributed by atoms with E-state index in [1.54, 1.807) is 11.8 Å². The highest BCUT2D eigenvalue weighted by Crippen LogP contribution is 2.54. The van der Waals surface area contributed by atoms with E-state index in [0.717, 1.165) is 41.5 Å². The van der Waals surface area contributed by atoms with Gasteiger partial charge in [0.2, 0.25) is 0 Å². The highest BCUT2D eigenvalue weighted by atomic mass is 32.2. The number of thioether (sulfide) groups is 1. The molecule has 1 saturated heterocycles. The van der Waals surface area contributed by atoms with Crippen molar-refractivity contribution in [2.24, 2.45) is 41.4 Å². The van der Waals surface area contributed by atoms with Gasteiger partial charge >= 0.3 is 5.97 Å². The Hall–Kier alpha value is -1.76. The average molecular weight is 456 g/mol. The lowest BCUT2D eigenvalue weighted by molar-refractivity contribution is -0.142. The molecule has 1 aromatic heterocycles. The molecule has 2 atom stereocenters. The first kappa shape index (κ1) is 20.8. The van der Waals surface area contributed by atoms with E-state index in [4.69, 9.17) is 9.72 Å². The number of fused-ring (bicyclic) bond motifs is 1. The number of methoxy groups -OCH3 is 1. The molecule has 7 heteroatoms. The van der Waals surface area contributed by atoms with Gasteiger partial charge < -0.3 is 15.0 Å². The van der Waals surface area contributed by atoms with Gasteiger partial charge in [0.05, 0.1) is 18.6 Å². The third kappa shape index (κ3) is 3.42. The number of anilines is 1. The van der Waals surface area contributed by atoms with E-state index in [2.05, 4.69) is 17.1 Å². The van der Waals surface area contributed by atoms with Crippen molar-refractivity contribution in [1.29, 1.82) is 0 Å². The molecule has 32 heavy (non-hydrogen) atoms. The average Bonchev–Trinajstić information content (AvgIpc) is 3.28. The molecule has 2 heterocycles. The Balaban J connectivity index is 1.16. The molecule has 172 valence electrons. The molecule has 4 bridgehead atoms. The zero-order valence-corrected chi connectivity index (χ0v) is 19.8. The van der Waals surface area contributed by atoms with E-state index in [0.29, 0.717) is 35.3 Å². The number of rotatable bonds is 6. The van der Waals surface area contributed by atoms with Crippen LogP contribution in [0.3, 0.4) is 0 Å². The third-order valence-corrected chi connectivity index (χ3v) is 9.76. The van der Waals surface area contributed by atoms with Crippen molar-refractivity contribution in [3.05, 3.63) is 17.7 Å². The molecule has 1 N–H and O–H groups in total. The Kier molecular flexibility index (Phi) is 5.16. The number of amides is 1. The Labute approximate surface area is 194 Å². The number of nitrogens with zero attached hydrogens (tertiary/aromatic N) is 2. The second-order valence-electron chi connectivity index (χ2n) is 10.7. The second-order valence-corrected chi connectivity index (χ2v) is 11.9. The van der Waals surface area contributed by atoms with Crippen LogP contribution in [0.1, 0.15) is 49.4 Å². The van der Waals surface area contributed by atoms with E-state index in [1.165, 1.54) is 39.2 Å². The summed E-state index contributed by atoms with van der Waals surface area (Å²) in [7, 11) is 1.47. The van der Waals surface area contributed by atoms with Crippen LogP contribution in [0.4, 0.5) is 5.82 Å².